The van der Waals surface area contributed by atoms with Crippen molar-refractivity contribution in [3.8, 4) is 0 Å². The third kappa shape index (κ3) is 5.10. The molecule has 0 saturated carbocycles. The molecule has 4 nitrogen and oxygen atoms in total. The Hall–Kier alpha value is -2.34. The number of carbonyl (C=O) groups is 2. The number of nitrogens with zero attached hydrogens (tertiary/aromatic N) is 2. The lowest BCUT2D eigenvalue weighted by Crippen LogP contribution is -2.49. The third-order valence-corrected chi connectivity index (χ3v) is 5.65. The van der Waals surface area contributed by atoms with E-state index in [-0.39, 0.29) is 17.5 Å². The molecule has 0 atom stereocenters. The molecule has 27 heavy (non-hydrogen) atoms. The van der Waals surface area contributed by atoms with Crippen LogP contribution >= 0.6 is 11.8 Å². The van der Waals surface area contributed by atoms with E-state index in [0.29, 0.717) is 43.2 Å². The Balaban J connectivity index is 1.48. The van der Waals surface area contributed by atoms with Crippen molar-refractivity contribution in [1.29, 1.82) is 0 Å². The molecule has 0 aliphatic carbocycles. The molecule has 1 aliphatic rings. The number of hydrogen-bond donors (Lipinski definition) is 0. The molecule has 0 spiro atoms. The molecule has 1 aliphatic heterocycles. The molecular formula is C21H23FN2O2S. The monoisotopic (exact) mass is 386 g/mol. The molecule has 0 aromatic heterocycles. The van der Waals surface area contributed by atoms with Gasteiger partial charge in [0.25, 0.3) is 0 Å². The maximum atomic E-state index is 14.3. The minimum Gasteiger partial charge on any atom is -0.366 e. The molecular weight excluding hydrogens is 363 g/mol. The Morgan fingerprint density at radius 2 is 1.74 bits per heavy atom. The largest absolute Gasteiger partial charge is 0.366 e. The highest BCUT2D eigenvalue weighted by Crippen LogP contribution is 2.22. The quantitative estimate of drug-likeness (QED) is 0.711. The first-order chi connectivity index (χ1) is 13.0. The molecule has 0 unspecified atom stereocenters. The van der Waals surface area contributed by atoms with Crippen LogP contribution in [0.1, 0.15) is 22.8 Å². The number of ketones is 1. The van der Waals surface area contributed by atoms with Crippen LogP contribution < -0.4 is 4.90 Å². The van der Waals surface area contributed by atoms with E-state index in [9.17, 15) is 14.0 Å². The second-order valence-electron chi connectivity index (χ2n) is 6.57. The van der Waals surface area contributed by atoms with Gasteiger partial charge in [-0.15, -0.1) is 11.8 Å². The fourth-order valence-electron chi connectivity index (χ4n) is 3.10. The number of thioether (sulfide) groups is 1. The number of rotatable bonds is 6. The Labute approximate surface area is 163 Å². The summed E-state index contributed by atoms with van der Waals surface area (Å²) in [5.41, 5.74) is 2.08. The van der Waals surface area contributed by atoms with Crippen LogP contribution in [0.25, 0.3) is 0 Å². The number of Topliss-reactive ketones (excluding diaryl/α,β-unsaturated/α-hetero) is 1. The van der Waals surface area contributed by atoms with E-state index in [1.165, 1.54) is 18.6 Å². The smallest absolute Gasteiger partial charge is 0.232 e. The van der Waals surface area contributed by atoms with E-state index in [1.807, 2.05) is 28.0 Å². The van der Waals surface area contributed by atoms with E-state index in [1.54, 1.807) is 23.9 Å². The van der Waals surface area contributed by atoms with Gasteiger partial charge in [0.2, 0.25) is 5.91 Å². The molecule has 1 fully saturated rings. The minimum absolute atomic E-state index is 0.128. The summed E-state index contributed by atoms with van der Waals surface area (Å²) >= 11 is 1.62. The van der Waals surface area contributed by atoms with Crippen LogP contribution in [-0.2, 0) is 10.5 Å². The zero-order valence-corrected chi connectivity index (χ0v) is 16.2. The van der Waals surface area contributed by atoms with Gasteiger partial charge >= 0.3 is 0 Å². The summed E-state index contributed by atoms with van der Waals surface area (Å²) in [6, 6.07) is 14.7. The Morgan fingerprint density at radius 3 is 2.37 bits per heavy atom. The van der Waals surface area contributed by atoms with Crippen LogP contribution in [0.15, 0.2) is 48.5 Å². The molecule has 1 heterocycles. The Morgan fingerprint density at radius 1 is 1.04 bits per heavy atom. The topological polar surface area (TPSA) is 40.6 Å². The zero-order valence-electron chi connectivity index (χ0n) is 15.4. The van der Waals surface area contributed by atoms with Gasteiger partial charge in [-0.05, 0) is 30.7 Å². The zero-order chi connectivity index (χ0) is 19.2. The minimum atomic E-state index is -0.388. The summed E-state index contributed by atoms with van der Waals surface area (Å²) in [6.07, 6.45) is 0. The van der Waals surface area contributed by atoms with E-state index < -0.39 is 0 Å². The van der Waals surface area contributed by atoms with Crippen molar-refractivity contribution < 1.29 is 14.0 Å². The first kappa shape index (κ1) is 19.4. The average Bonchev–Trinajstić information content (AvgIpc) is 2.69. The van der Waals surface area contributed by atoms with E-state index in [2.05, 4.69) is 12.1 Å². The van der Waals surface area contributed by atoms with Crippen LogP contribution in [0.3, 0.4) is 0 Å². The molecule has 3 rings (SSSR count). The number of halogens is 1. The molecule has 0 N–H and O–H groups in total. The van der Waals surface area contributed by atoms with Crippen LogP contribution in [0.5, 0.6) is 0 Å². The Kier molecular flexibility index (Phi) is 6.50. The summed E-state index contributed by atoms with van der Waals surface area (Å²) in [7, 11) is 0. The van der Waals surface area contributed by atoms with E-state index in [0.717, 1.165) is 5.75 Å². The lowest BCUT2D eigenvalue weighted by Gasteiger charge is -2.36. The van der Waals surface area contributed by atoms with Crippen molar-refractivity contribution in [3.05, 3.63) is 65.5 Å². The number of piperazine rings is 1. The van der Waals surface area contributed by atoms with Crippen molar-refractivity contribution in [2.24, 2.45) is 0 Å². The van der Waals surface area contributed by atoms with Gasteiger partial charge in [-0.3, -0.25) is 9.59 Å². The van der Waals surface area contributed by atoms with Crippen molar-refractivity contribution >= 4 is 29.1 Å². The summed E-state index contributed by atoms with van der Waals surface area (Å²) < 4.78 is 14.3. The van der Waals surface area contributed by atoms with Gasteiger partial charge < -0.3 is 9.80 Å². The molecule has 1 amide bonds. The third-order valence-electron chi connectivity index (χ3n) is 4.66. The standard InChI is InChI=1S/C21H23FN2O2S/c1-16(25)18-7-8-20(19(22)13-18)23-9-11-24(12-10-23)21(26)15-27-14-17-5-3-2-4-6-17/h2-8,13H,9-12,14-15H2,1H3. The molecule has 6 heteroatoms. The fraction of sp³-hybridized carbons (Fsp3) is 0.333. The SMILES string of the molecule is CC(=O)c1ccc(N2CCN(C(=O)CSCc3ccccc3)CC2)c(F)c1. The van der Waals surface area contributed by atoms with E-state index in [4.69, 9.17) is 0 Å². The summed E-state index contributed by atoms with van der Waals surface area (Å²) in [4.78, 5) is 27.5. The maximum Gasteiger partial charge on any atom is 0.232 e. The number of benzene rings is 2. The number of amides is 1. The molecule has 2 aromatic rings. The van der Waals surface area contributed by atoms with Crippen molar-refractivity contribution in [2.75, 3.05) is 36.8 Å². The van der Waals surface area contributed by atoms with Crippen molar-refractivity contribution in [3.63, 3.8) is 0 Å². The van der Waals surface area contributed by atoms with Gasteiger partial charge in [0.05, 0.1) is 11.4 Å². The predicted molar refractivity (Wildman–Crippen MR) is 108 cm³/mol. The van der Waals surface area contributed by atoms with Gasteiger partial charge in [0.1, 0.15) is 5.82 Å². The van der Waals surface area contributed by atoms with Gasteiger partial charge in [-0.25, -0.2) is 4.39 Å². The average molecular weight is 386 g/mol. The maximum absolute atomic E-state index is 14.3. The van der Waals surface area contributed by atoms with Crippen molar-refractivity contribution in [2.45, 2.75) is 12.7 Å². The second kappa shape index (κ2) is 9.04. The van der Waals surface area contributed by atoms with Gasteiger partial charge in [-0.1, -0.05) is 30.3 Å². The van der Waals surface area contributed by atoms with E-state index >= 15 is 0 Å². The number of carbonyl (C=O) groups excluding carboxylic acids is 2. The highest BCUT2D eigenvalue weighted by atomic mass is 32.2. The number of anilines is 1. The highest BCUT2D eigenvalue weighted by molar-refractivity contribution is 7.99. The lowest BCUT2D eigenvalue weighted by atomic mass is 10.1. The molecule has 2 aromatic carbocycles. The lowest BCUT2D eigenvalue weighted by molar-refractivity contribution is -0.128. The van der Waals surface area contributed by atoms with Crippen LogP contribution in [0.4, 0.5) is 10.1 Å². The first-order valence-electron chi connectivity index (χ1n) is 8.99. The normalized spacial score (nSPS) is 14.3. The Bertz CT molecular complexity index is 805. The van der Waals surface area contributed by atoms with Crippen molar-refractivity contribution in [1.82, 2.24) is 4.90 Å². The van der Waals surface area contributed by atoms with Crippen LogP contribution in [0.2, 0.25) is 0 Å². The van der Waals surface area contributed by atoms with Gasteiger partial charge in [0.15, 0.2) is 5.78 Å². The first-order valence-corrected chi connectivity index (χ1v) is 10.1. The molecule has 0 radical (unpaired) electrons. The van der Waals surface area contributed by atoms with Crippen LogP contribution in [-0.4, -0.2) is 48.5 Å². The predicted octanol–water partition coefficient (Wildman–Crippen LogP) is 3.61. The fourth-order valence-corrected chi connectivity index (χ4v) is 3.99. The highest BCUT2D eigenvalue weighted by Gasteiger charge is 2.23. The number of hydrogen-bond acceptors (Lipinski definition) is 4. The molecule has 142 valence electrons. The van der Waals surface area contributed by atoms with Gasteiger partial charge in [0, 0.05) is 37.5 Å². The summed E-state index contributed by atoms with van der Waals surface area (Å²) in [5, 5.41) is 0. The molecule has 1 saturated heterocycles. The summed E-state index contributed by atoms with van der Waals surface area (Å²) in [5.74, 6) is 0.865. The second-order valence-corrected chi connectivity index (χ2v) is 7.55. The summed E-state index contributed by atoms with van der Waals surface area (Å²) in [6.45, 7) is 3.77. The van der Waals surface area contributed by atoms with Crippen LogP contribution in [0, 0.1) is 5.82 Å². The van der Waals surface area contributed by atoms with Gasteiger partial charge in [-0.2, -0.15) is 0 Å². The molecule has 0 bridgehead atoms.